The van der Waals surface area contributed by atoms with Crippen LogP contribution >= 0.6 is 11.6 Å². The summed E-state index contributed by atoms with van der Waals surface area (Å²) in [5.41, 5.74) is 3.06. The highest BCUT2D eigenvalue weighted by molar-refractivity contribution is 6.31. The van der Waals surface area contributed by atoms with Crippen molar-refractivity contribution >= 4 is 22.6 Å². The van der Waals surface area contributed by atoms with Crippen LogP contribution in [0.5, 0.6) is 0 Å². The fourth-order valence-corrected chi connectivity index (χ4v) is 2.50. The topological polar surface area (TPSA) is 58.5 Å². The number of halogens is 1. The Hall–Kier alpha value is -1.85. The van der Waals surface area contributed by atoms with Gasteiger partial charge in [-0.1, -0.05) is 11.6 Å². The molecule has 2 aromatic heterocycles. The first-order chi connectivity index (χ1) is 10.5. The number of nitrogens with one attached hydrogen (secondary N) is 2. The molecule has 5 nitrogen and oxygen atoms in total. The maximum atomic E-state index is 6.00. The van der Waals surface area contributed by atoms with Crippen LogP contribution in [0.1, 0.15) is 44.2 Å². The normalized spacial score (nSPS) is 13.1. The summed E-state index contributed by atoms with van der Waals surface area (Å²) < 4.78 is 1.96. The molecule has 0 radical (unpaired) electrons. The van der Waals surface area contributed by atoms with Gasteiger partial charge in [-0.3, -0.25) is 4.68 Å². The largest absolute Gasteiger partial charge is 0.341 e. The van der Waals surface area contributed by atoms with Crippen molar-refractivity contribution in [1.29, 1.82) is 0 Å². The van der Waals surface area contributed by atoms with Crippen molar-refractivity contribution in [3.8, 4) is 0 Å². The Morgan fingerprint density at radius 1 is 1.32 bits per heavy atom. The SMILES string of the molecule is CC(C)n1cc(CN[C@@H](C)c2nc3ccc(Cl)cc3[nH]2)cn1. The van der Waals surface area contributed by atoms with Crippen LogP contribution in [0.4, 0.5) is 0 Å². The molecule has 22 heavy (non-hydrogen) atoms. The van der Waals surface area contributed by atoms with Gasteiger partial charge in [0.05, 0.1) is 23.3 Å². The molecule has 0 aliphatic heterocycles. The van der Waals surface area contributed by atoms with Crippen LogP contribution in [-0.2, 0) is 6.54 Å². The van der Waals surface area contributed by atoms with Crippen LogP contribution in [0.15, 0.2) is 30.6 Å². The zero-order valence-corrected chi connectivity index (χ0v) is 13.7. The molecule has 6 heteroatoms. The van der Waals surface area contributed by atoms with Crippen LogP contribution in [0, 0.1) is 0 Å². The van der Waals surface area contributed by atoms with Crippen molar-refractivity contribution < 1.29 is 0 Å². The standard InChI is InChI=1S/C16H20ClN5/c1-10(2)22-9-12(8-19-22)7-18-11(3)16-20-14-5-4-13(17)6-15(14)21-16/h4-6,8-11,18H,7H2,1-3H3,(H,20,21)/t11-/m0/s1. The molecule has 116 valence electrons. The van der Waals surface area contributed by atoms with Gasteiger partial charge in [0.15, 0.2) is 0 Å². The summed E-state index contributed by atoms with van der Waals surface area (Å²) in [6.07, 6.45) is 3.97. The lowest BCUT2D eigenvalue weighted by Crippen LogP contribution is -2.19. The van der Waals surface area contributed by atoms with Gasteiger partial charge in [0.1, 0.15) is 5.82 Å². The number of nitrogens with zero attached hydrogens (tertiary/aromatic N) is 3. The third-order valence-electron chi connectivity index (χ3n) is 3.67. The van der Waals surface area contributed by atoms with E-state index in [-0.39, 0.29) is 6.04 Å². The lowest BCUT2D eigenvalue weighted by Gasteiger charge is -2.10. The minimum Gasteiger partial charge on any atom is -0.341 e. The smallest absolute Gasteiger partial charge is 0.124 e. The average Bonchev–Trinajstić information content (AvgIpc) is 3.10. The zero-order chi connectivity index (χ0) is 15.7. The van der Waals surface area contributed by atoms with E-state index in [0.717, 1.165) is 23.4 Å². The first-order valence-corrected chi connectivity index (χ1v) is 7.82. The van der Waals surface area contributed by atoms with Crippen LogP contribution < -0.4 is 5.32 Å². The summed E-state index contributed by atoms with van der Waals surface area (Å²) in [5.74, 6) is 0.911. The number of benzene rings is 1. The van der Waals surface area contributed by atoms with Gasteiger partial charge in [0.2, 0.25) is 0 Å². The first-order valence-electron chi connectivity index (χ1n) is 7.44. The van der Waals surface area contributed by atoms with Gasteiger partial charge in [0.25, 0.3) is 0 Å². The Kier molecular flexibility index (Phi) is 4.18. The van der Waals surface area contributed by atoms with E-state index in [4.69, 9.17) is 11.6 Å². The van der Waals surface area contributed by atoms with Crippen molar-refractivity contribution in [2.75, 3.05) is 0 Å². The molecule has 2 heterocycles. The number of rotatable bonds is 5. The monoisotopic (exact) mass is 317 g/mol. The Morgan fingerprint density at radius 2 is 2.14 bits per heavy atom. The molecule has 3 rings (SSSR count). The molecule has 0 fully saturated rings. The van der Waals surface area contributed by atoms with E-state index >= 15 is 0 Å². The summed E-state index contributed by atoms with van der Waals surface area (Å²) in [5, 5.41) is 8.52. The third-order valence-corrected chi connectivity index (χ3v) is 3.90. The van der Waals surface area contributed by atoms with E-state index in [9.17, 15) is 0 Å². The Bertz CT molecular complexity index is 774. The van der Waals surface area contributed by atoms with Crippen molar-refractivity contribution in [2.45, 2.75) is 39.4 Å². The summed E-state index contributed by atoms with van der Waals surface area (Å²) in [6.45, 7) is 7.08. The number of fused-ring (bicyclic) bond motifs is 1. The van der Waals surface area contributed by atoms with Crippen molar-refractivity contribution in [2.24, 2.45) is 0 Å². The molecule has 0 aliphatic rings. The van der Waals surface area contributed by atoms with Gasteiger partial charge in [-0.2, -0.15) is 5.10 Å². The van der Waals surface area contributed by atoms with E-state index in [2.05, 4.69) is 47.4 Å². The maximum Gasteiger partial charge on any atom is 0.124 e. The molecule has 0 unspecified atom stereocenters. The van der Waals surface area contributed by atoms with Gasteiger partial charge in [-0.25, -0.2) is 4.98 Å². The lowest BCUT2D eigenvalue weighted by atomic mass is 10.3. The molecular weight excluding hydrogens is 298 g/mol. The molecule has 0 aliphatic carbocycles. The molecule has 1 atom stereocenters. The minimum absolute atomic E-state index is 0.119. The number of hydrogen-bond donors (Lipinski definition) is 2. The predicted octanol–water partition coefficient (Wildman–Crippen LogP) is 3.84. The number of hydrogen-bond acceptors (Lipinski definition) is 3. The highest BCUT2D eigenvalue weighted by atomic mass is 35.5. The first kappa shape index (κ1) is 15.1. The highest BCUT2D eigenvalue weighted by Crippen LogP contribution is 2.20. The average molecular weight is 318 g/mol. The second-order valence-corrected chi connectivity index (χ2v) is 6.24. The zero-order valence-electron chi connectivity index (χ0n) is 13.0. The molecule has 0 saturated carbocycles. The molecule has 3 aromatic rings. The Labute approximate surface area is 134 Å². The molecule has 2 N–H and O–H groups in total. The molecule has 0 amide bonds. The summed E-state index contributed by atoms with van der Waals surface area (Å²) >= 11 is 6.00. The predicted molar refractivity (Wildman–Crippen MR) is 89.0 cm³/mol. The van der Waals surface area contributed by atoms with Gasteiger partial charge >= 0.3 is 0 Å². The molecule has 0 bridgehead atoms. The van der Waals surface area contributed by atoms with E-state index in [1.807, 2.05) is 29.1 Å². The maximum absolute atomic E-state index is 6.00. The van der Waals surface area contributed by atoms with Gasteiger partial charge in [-0.05, 0) is 39.0 Å². The third kappa shape index (κ3) is 3.15. The van der Waals surface area contributed by atoms with E-state index in [1.54, 1.807) is 0 Å². The summed E-state index contributed by atoms with van der Waals surface area (Å²) in [7, 11) is 0. The van der Waals surface area contributed by atoms with Gasteiger partial charge < -0.3 is 10.3 Å². The fourth-order valence-electron chi connectivity index (χ4n) is 2.33. The van der Waals surface area contributed by atoms with E-state index in [0.29, 0.717) is 11.1 Å². The van der Waals surface area contributed by atoms with Crippen LogP contribution in [0.2, 0.25) is 5.02 Å². The summed E-state index contributed by atoms with van der Waals surface area (Å²) in [4.78, 5) is 7.92. The number of aromatic amines is 1. The van der Waals surface area contributed by atoms with Gasteiger partial charge in [-0.15, -0.1) is 0 Å². The Morgan fingerprint density at radius 3 is 2.86 bits per heavy atom. The fraction of sp³-hybridized carbons (Fsp3) is 0.375. The van der Waals surface area contributed by atoms with E-state index in [1.165, 1.54) is 5.56 Å². The number of imidazole rings is 1. The molecule has 0 spiro atoms. The Balaban J connectivity index is 1.68. The molecule has 1 aromatic carbocycles. The van der Waals surface area contributed by atoms with E-state index < -0.39 is 0 Å². The second-order valence-electron chi connectivity index (χ2n) is 5.81. The molecule has 0 saturated heterocycles. The quantitative estimate of drug-likeness (QED) is 0.751. The number of aromatic nitrogens is 4. The second kappa shape index (κ2) is 6.10. The van der Waals surface area contributed by atoms with Crippen molar-refractivity contribution in [1.82, 2.24) is 25.1 Å². The molecular formula is C16H20ClN5. The van der Waals surface area contributed by atoms with Crippen LogP contribution in [0.3, 0.4) is 0 Å². The minimum atomic E-state index is 0.119. The summed E-state index contributed by atoms with van der Waals surface area (Å²) in [6, 6.07) is 6.18. The van der Waals surface area contributed by atoms with Gasteiger partial charge in [0, 0.05) is 29.4 Å². The van der Waals surface area contributed by atoms with Crippen LogP contribution in [0.25, 0.3) is 11.0 Å². The highest BCUT2D eigenvalue weighted by Gasteiger charge is 2.11. The van der Waals surface area contributed by atoms with Crippen LogP contribution in [-0.4, -0.2) is 19.7 Å². The number of H-pyrrole nitrogens is 1. The lowest BCUT2D eigenvalue weighted by molar-refractivity contribution is 0.529. The van der Waals surface area contributed by atoms with Crippen molar-refractivity contribution in [3.63, 3.8) is 0 Å². The van der Waals surface area contributed by atoms with Crippen molar-refractivity contribution in [3.05, 3.63) is 47.0 Å².